The van der Waals surface area contributed by atoms with Gasteiger partial charge in [-0.3, -0.25) is 10.4 Å². The zero-order valence-corrected chi connectivity index (χ0v) is 17.0. The van der Waals surface area contributed by atoms with Crippen molar-refractivity contribution in [3.05, 3.63) is 54.2 Å². The molecular weight excluding hydrogens is 364 g/mol. The number of piperidine rings is 1. The molecular formula is C23H30N4O2. The highest BCUT2D eigenvalue weighted by atomic mass is 16.5. The summed E-state index contributed by atoms with van der Waals surface area (Å²) < 4.78 is 5.17. The molecule has 4 rings (SSSR count). The van der Waals surface area contributed by atoms with E-state index in [0.717, 1.165) is 73.4 Å². The van der Waals surface area contributed by atoms with Gasteiger partial charge in [0.1, 0.15) is 6.23 Å². The fourth-order valence-electron chi connectivity index (χ4n) is 4.06. The smallest absolute Gasteiger partial charge is 0.148 e. The number of aromatic nitrogens is 2. The first-order valence-corrected chi connectivity index (χ1v) is 10.4. The van der Waals surface area contributed by atoms with Crippen LogP contribution in [0.4, 0.5) is 0 Å². The number of ether oxygens (including phenoxy) is 1. The highest BCUT2D eigenvalue weighted by Gasteiger charge is 2.21. The number of nitrogens with zero attached hydrogens (tertiary/aromatic N) is 2. The number of likely N-dealkylation sites (tertiary alicyclic amines) is 1. The Morgan fingerprint density at radius 2 is 1.97 bits per heavy atom. The Kier molecular flexibility index (Phi) is 6.56. The lowest BCUT2D eigenvalue weighted by Gasteiger charge is -2.32. The van der Waals surface area contributed by atoms with E-state index in [0.29, 0.717) is 5.92 Å². The molecule has 1 aliphatic rings. The highest BCUT2D eigenvalue weighted by Crippen LogP contribution is 2.27. The van der Waals surface area contributed by atoms with E-state index in [-0.39, 0.29) is 0 Å². The molecule has 0 aliphatic carbocycles. The van der Waals surface area contributed by atoms with Crippen molar-refractivity contribution in [2.24, 2.45) is 5.92 Å². The van der Waals surface area contributed by atoms with Crippen LogP contribution in [-0.2, 0) is 4.74 Å². The summed E-state index contributed by atoms with van der Waals surface area (Å²) in [7, 11) is 1.75. The van der Waals surface area contributed by atoms with E-state index in [1.165, 1.54) is 0 Å². The Balaban J connectivity index is 1.38. The van der Waals surface area contributed by atoms with Crippen LogP contribution < -0.4 is 5.32 Å². The quantitative estimate of drug-likeness (QED) is 0.512. The van der Waals surface area contributed by atoms with Gasteiger partial charge in [0.25, 0.3) is 0 Å². The van der Waals surface area contributed by atoms with Gasteiger partial charge in [-0.25, -0.2) is 0 Å². The number of hydrogen-bond donors (Lipinski definition) is 3. The van der Waals surface area contributed by atoms with Gasteiger partial charge in [0.05, 0.1) is 17.8 Å². The Labute approximate surface area is 171 Å². The summed E-state index contributed by atoms with van der Waals surface area (Å²) in [4.78, 5) is 2.45. The second-order valence-electron chi connectivity index (χ2n) is 7.82. The van der Waals surface area contributed by atoms with Crippen molar-refractivity contribution in [2.75, 3.05) is 39.9 Å². The molecule has 0 amide bonds. The lowest BCUT2D eigenvalue weighted by molar-refractivity contribution is 0.102. The molecule has 1 fully saturated rings. The summed E-state index contributed by atoms with van der Waals surface area (Å²) in [6.45, 7) is 4.79. The van der Waals surface area contributed by atoms with Crippen LogP contribution in [0.5, 0.6) is 0 Å². The van der Waals surface area contributed by atoms with Crippen molar-refractivity contribution in [2.45, 2.75) is 19.1 Å². The van der Waals surface area contributed by atoms with Gasteiger partial charge in [-0.1, -0.05) is 36.4 Å². The molecule has 1 unspecified atom stereocenters. The number of aliphatic hydroxyl groups is 1. The maximum atomic E-state index is 10.8. The minimum atomic E-state index is -0.752. The highest BCUT2D eigenvalue weighted by molar-refractivity contribution is 5.86. The number of methoxy groups -OCH3 is 1. The maximum absolute atomic E-state index is 10.8. The third-order valence-electron chi connectivity index (χ3n) is 5.88. The van der Waals surface area contributed by atoms with Crippen molar-refractivity contribution in [3.63, 3.8) is 0 Å². The molecule has 0 radical (unpaired) electrons. The number of fused-ring (bicyclic) bond motifs is 1. The fourth-order valence-corrected chi connectivity index (χ4v) is 4.06. The van der Waals surface area contributed by atoms with E-state index in [4.69, 9.17) is 4.74 Å². The zero-order valence-electron chi connectivity index (χ0n) is 17.0. The first kappa shape index (κ1) is 20.0. The van der Waals surface area contributed by atoms with Gasteiger partial charge in [0.15, 0.2) is 0 Å². The summed E-state index contributed by atoms with van der Waals surface area (Å²) in [6.07, 6.45) is 1.54. The van der Waals surface area contributed by atoms with Gasteiger partial charge < -0.3 is 14.7 Å². The molecule has 154 valence electrons. The molecule has 1 atom stereocenters. The van der Waals surface area contributed by atoms with E-state index in [1.54, 1.807) is 7.11 Å². The van der Waals surface area contributed by atoms with E-state index in [1.807, 2.05) is 24.3 Å². The predicted molar refractivity (Wildman–Crippen MR) is 116 cm³/mol. The molecule has 2 aromatic carbocycles. The van der Waals surface area contributed by atoms with Crippen LogP contribution >= 0.6 is 0 Å². The molecule has 2 heterocycles. The molecule has 6 heteroatoms. The van der Waals surface area contributed by atoms with Crippen LogP contribution in [0.15, 0.2) is 48.5 Å². The number of nitrogens with one attached hydrogen (secondary N) is 2. The van der Waals surface area contributed by atoms with Crippen LogP contribution in [0.1, 0.15) is 24.8 Å². The molecule has 0 bridgehead atoms. The second-order valence-corrected chi connectivity index (χ2v) is 7.82. The Hall–Kier alpha value is -2.25. The van der Waals surface area contributed by atoms with E-state index in [2.05, 4.69) is 44.7 Å². The lowest BCUT2D eigenvalue weighted by atomic mass is 9.96. The van der Waals surface area contributed by atoms with Crippen LogP contribution in [0.2, 0.25) is 0 Å². The van der Waals surface area contributed by atoms with Gasteiger partial charge in [0, 0.05) is 25.6 Å². The van der Waals surface area contributed by atoms with Crippen molar-refractivity contribution in [3.8, 4) is 11.1 Å². The molecule has 3 aromatic rings. The largest absolute Gasteiger partial charge is 0.383 e. The Morgan fingerprint density at radius 1 is 1.17 bits per heavy atom. The topological polar surface area (TPSA) is 73.4 Å². The van der Waals surface area contributed by atoms with Crippen LogP contribution in [0.3, 0.4) is 0 Å². The number of aromatic amines is 1. The molecule has 1 aliphatic heterocycles. The number of H-pyrrole nitrogens is 1. The lowest BCUT2D eigenvalue weighted by Crippen LogP contribution is -2.39. The normalized spacial score (nSPS) is 17.0. The zero-order chi connectivity index (χ0) is 20.1. The third-order valence-corrected chi connectivity index (χ3v) is 5.88. The molecule has 3 N–H and O–H groups in total. The molecule has 0 saturated carbocycles. The van der Waals surface area contributed by atoms with Crippen molar-refractivity contribution in [1.82, 2.24) is 20.4 Å². The Bertz CT molecular complexity index is 904. The number of rotatable bonds is 8. The Morgan fingerprint density at radius 3 is 2.72 bits per heavy atom. The molecule has 29 heavy (non-hydrogen) atoms. The van der Waals surface area contributed by atoms with Gasteiger partial charge in [-0.05, 0) is 55.1 Å². The molecule has 6 nitrogen and oxygen atoms in total. The van der Waals surface area contributed by atoms with Crippen molar-refractivity contribution < 1.29 is 9.84 Å². The number of benzene rings is 2. The fraction of sp³-hybridized carbons (Fsp3) is 0.435. The summed E-state index contributed by atoms with van der Waals surface area (Å²) in [6, 6.07) is 16.4. The number of aliphatic hydroxyl groups excluding tert-OH is 1. The first-order chi connectivity index (χ1) is 14.2. The van der Waals surface area contributed by atoms with E-state index < -0.39 is 6.23 Å². The average Bonchev–Trinajstić information content (AvgIpc) is 3.21. The first-order valence-electron chi connectivity index (χ1n) is 10.4. The van der Waals surface area contributed by atoms with Crippen LogP contribution in [0.25, 0.3) is 22.0 Å². The average molecular weight is 395 g/mol. The molecule has 0 spiro atoms. The molecule has 1 saturated heterocycles. The monoisotopic (exact) mass is 394 g/mol. The molecule has 1 aromatic heterocycles. The summed E-state index contributed by atoms with van der Waals surface area (Å²) in [5.74, 6) is 0.581. The summed E-state index contributed by atoms with van der Waals surface area (Å²) >= 11 is 0. The SMILES string of the molecule is COCCN1CCC(CNC(O)c2[nH]nc3ccc(-c4ccccc4)cc23)CC1. The predicted octanol–water partition coefficient (Wildman–Crippen LogP) is 3.17. The number of hydrogen-bond acceptors (Lipinski definition) is 5. The van der Waals surface area contributed by atoms with Crippen LogP contribution in [0, 0.1) is 5.92 Å². The van der Waals surface area contributed by atoms with Gasteiger partial charge in [0.2, 0.25) is 0 Å². The van der Waals surface area contributed by atoms with Crippen molar-refractivity contribution >= 4 is 10.9 Å². The summed E-state index contributed by atoms with van der Waals surface area (Å²) in [5.41, 5.74) is 3.88. The van der Waals surface area contributed by atoms with Gasteiger partial charge in [-0.2, -0.15) is 5.10 Å². The third kappa shape index (κ3) is 4.85. The van der Waals surface area contributed by atoms with Gasteiger partial charge in [-0.15, -0.1) is 0 Å². The van der Waals surface area contributed by atoms with Crippen LogP contribution in [-0.4, -0.2) is 60.1 Å². The minimum absolute atomic E-state index is 0.581. The standard InChI is InChI=1S/C23H30N4O2/c1-29-14-13-27-11-9-17(10-12-27)16-24-23(28)22-20-15-19(7-8-21(20)25-26-22)18-5-3-2-4-6-18/h2-8,15,17,23-24,28H,9-14,16H2,1H3,(H,25,26). The van der Waals surface area contributed by atoms with E-state index >= 15 is 0 Å². The van der Waals surface area contributed by atoms with E-state index in [9.17, 15) is 5.11 Å². The minimum Gasteiger partial charge on any atom is -0.383 e. The van der Waals surface area contributed by atoms with Gasteiger partial charge >= 0.3 is 0 Å². The maximum Gasteiger partial charge on any atom is 0.148 e. The summed E-state index contributed by atoms with van der Waals surface area (Å²) in [5, 5.41) is 22.4. The second kappa shape index (κ2) is 9.50. The van der Waals surface area contributed by atoms with Crippen molar-refractivity contribution in [1.29, 1.82) is 0 Å².